The fraction of sp³-hybridized carbons (Fsp3) is 0.562. The van der Waals surface area contributed by atoms with Crippen molar-refractivity contribution in [1.82, 2.24) is 5.32 Å². The number of hydrogen-bond acceptors (Lipinski definition) is 4. The molecule has 1 unspecified atom stereocenters. The van der Waals surface area contributed by atoms with Gasteiger partial charge in [-0.3, -0.25) is 10.1 Å². The van der Waals surface area contributed by atoms with Crippen molar-refractivity contribution in [3.63, 3.8) is 0 Å². The summed E-state index contributed by atoms with van der Waals surface area (Å²) in [7, 11) is 0. The summed E-state index contributed by atoms with van der Waals surface area (Å²) < 4.78 is 11.2. The minimum atomic E-state index is -0.869. The van der Waals surface area contributed by atoms with E-state index in [-0.39, 0.29) is 0 Å². The summed E-state index contributed by atoms with van der Waals surface area (Å²) in [4.78, 5) is 11.5. The molecule has 2 N–H and O–H groups in total. The molecule has 116 valence electrons. The van der Waals surface area contributed by atoms with E-state index in [0.29, 0.717) is 36.3 Å². The van der Waals surface area contributed by atoms with E-state index in [1.54, 1.807) is 18.2 Å². The van der Waals surface area contributed by atoms with Gasteiger partial charge in [0.25, 0.3) is 0 Å². The van der Waals surface area contributed by atoms with Crippen molar-refractivity contribution in [3.05, 3.63) is 23.8 Å². The predicted molar refractivity (Wildman–Crippen MR) is 79.9 cm³/mol. The Kier molecular flexibility index (Phi) is 5.44. The summed E-state index contributed by atoms with van der Waals surface area (Å²) in [5, 5.41) is 12.5. The monoisotopic (exact) mass is 293 g/mol. The molecule has 1 aliphatic carbocycles. The van der Waals surface area contributed by atoms with Crippen molar-refractivity contribution in [3.8, 4) is 11.5 Å². The molecule has 0 bridgehead atoms. The highest BCUT2D eigenvalue weighted by Crippen LogP contribution is 2.32. The zero-order chi connectivity index (χ0) is 15.2. The third-order valence-electron chi connectivity index (χ3n) is 3.29. The lowest BCUT2D eigenvalue weighted by atomic mass is 10.1. The van der Waals surface area contributed by atoms with Crippen molar-refractivity contribution >= 4 is 5.97 Å². The fourth-order valence-electron chi connectivity index (χ4n) is 2.10. The smallest absolute Gasteiger partial charge is 0.325 e. The second-order valence-corrected chi connectivity index (χ2v) is 5.20. The number of benzene rings is 1. The number of carboxylic acids is 1. The van der Waals surface area contributed by atoms with E-state index in [1.165, 1.54) is 0 Å². The van der Waals surface area contributed by atoms with Crippen molar-refractivity contribution in [2.24, 2.45) is 0 Å². The zero-order valence-corrected chi connectivity index (χ0v) is 12.6. The maximum absolute atomic E-state index is 11.5. The molecule has 1 aromatic rings. The first-order valence-electron chi connectivity index (χ1n) is 7.54. The Hall–Kier alpha value is -1.75. The van der Waals surface area contributed by atoms with Gasteiger partial charge in [-0.25, -0.2) is 0 Å². The van der Waals surface area contributed by atoms with Crippen LogP contribution in [0.15, 0.2) is 18.2 Å². The summed E-state index contributed by atoms with van der Waals surface area (Å²) in [6.07, 6.45) is 2.99. The van der Waals surface area contributed by atoms with Gasteiger partial charge in [-0.15, -0.1) is 0 Å². The summed E-state index contributed by atoms with van der Waals surface area (Å²) in [6.45, 7) is 5.06. The second-order valence-electron chi connectivity index (χ2n) is 5.20. The SMILES string of the molecule is CCCOc1ccc(C(NC2CC2)C(=O)O)cc1OCC. The van der Waals surface area contributed by atoms with Crippen LogP contribution in [0, 0.1) is 0 Å². The Bertz CT molecular complexity index is 485. The third kappa shape index (κ3) is 4.36. The Morgan fingerprint density at radius 2 is 2.10 bits per heavy atom. The standard InChI is InChI=1S/C16H23NO4/c1-3-9-21-13-8-5-11(10-14(13)20-4-2)15(16(18)19)17-12-6-7-12/h5,8,10,12,15,17H,3-4,6-7,9H2,1-2H3,(H,18,19). The van der Waals surface area contributed by atoms with E-state index in [0.717, 1.165) is 19.3 Å². The average Bonchev–Trinajstić information content (AvgIpc) is 3.27. The van der Waals surface area contributed by atoms with Crippen molar-refractivity contribution in [2.75, 3.05) is 13.2 Å². The molecule has 0 heterocycles. The summed E-state index contributed by atoms with van der Waals surface area (Å²) >= 11 is 0. The van der Waals surface area contributed by atoms with E-state index < -0.39 is 12.0 Å². The topological polar surface area (TPSA) is 67.8 Å². The van der Waals surface area contributed by atoms with E-state index in [2.05, 4.69) is 5.32 Å². The molecular weight excluding hydrogens is 270 g/mol. The number of carbonyl (C=O) groups is 1. The molecule has 0 amide bonds. The summed E-state index contributed by atoms with van der Waals surface area (Å²) in [5.74, 6) is 0.400. The number of nitrogens with one attached hydrogen (secondary N) is 1. The molecule has 0 spiro atoms. The van der Waals surface area contributed by atoms with Gasteiger partial charge in [0.15, 0.2) is 11.5 Å². The fourth-order valence-corrected chi connectivity index (χ4v) is 2.10. The van der Waals surface area contributed by atoms with Gasteiger partial charge in [-0.1, -0.05) is 13.0 Å². The molecule has 0 aromatic heterocycles. The first kappa shape index (κ1) is 15.6. The second kappa shape index (κ2) is 7.31. The molecule has 1 atom stereocenters. The summed E-state index contributed by atoms with van der Waals surface area (Å²) in [6, 6.07) is 4.97. The molecule has 21 heavy (non-hydrogen) atoms. The van der Waals surface area contributed by atoms with Gasteiger partial charge in [0.1, 0.15) is 6.04 Å². The van der Waals surface area contributed by atoms with Crippen LogP contribution in [-0.4, -0.2) is 30.3 Å². The van der Waals surface area contributed by atoms with E-state index >= 15 is 0 Å². The van der Waals surface area contributed by atoms with Crippen LogP contribution in [0.2, 0.25) is 0 Å². The quantitative estimate of drug-likeness (QED) is 0.733. The molecular formula is C16H23NO4. The van der Waals surface area contributed by atoms with Crippen LogP contribution >= 0.6 is 0 Å². The van der Waals surface area contributed by atoms with E-state index in [9.17, 15) is 9.90 Å². The van der Waals surface area contributed by atoms with Gasteiger partial charge in [0.05, 0.1) is 13.2 Å². The van der Waals surface area contributed by atoms with Gasteiger partial charge in [-0.2, -0.15) is 0 Å². The highest BCUT2D eigenvalue weighted by molar-refractivity contribution is 5.76. The maximum atomic E-state index is 11.5. The molecule has 1 aliphatic rings. The van der Waals surface area contributed by atoms with Gasteiger partial charge in [-0.05, 0) is 43.9 Å². The van der Waals surface area contributed by atoms with Crippen molar-refractivity contribution in [1.29, 1.82) is 0 Å². The Balaban J connectivity index is 2.21. The molecule has 5 heteroatoms. The molecule has 0 aliphatic heterocycles. The van der Waals surface area contributed by atoms with Crippen LogP contribution in [0.4, 0.5) is 0 Å². The molecule has 0 radical (unpaired) electrons. The van der Waals surface area contributed by atoms with Crippen LogP contribution < -0.4 is 14.8 Å². The minimum absolute atomic E-state index is 0.317. The average molecular weight is 293 g/mol. The van der Waals surface area contributed by atoms with Gasteiger partial charge >= 0.3 is 5.97 Å². The van der Waals surface area contributed by atoms with E-state index in [1.807, 2.05) is 13.8 Å². The van der Waals surface area contributed by atoms with Gasteiger partial charge in [0.2, 0.25) is 0 Å². The number of aliphatic carboxylic acids is 1. The van der Waals surface area contributed by atoms with Crippen LogP contribution in [0.3, 0.4) is 0 Å². The third-order valence-corrected chi connectivity index (χ3v) is 3.29. The van der Waals surface area contributed by atoms with Crippen LogP contribution in [0.5, 0.6) is 11.5 Å². The number of rotatable bonds is 9. The van der Waals surface area contributed by atoms with E-state index in [4.69, 9.17) is 9.47 Å². The van der Waals surface area contributed by atoms with Crippen molar-refractivity contribution in [2.45, 2.75) is 45.2 Å². The normalized spacial score (nSPS) is 15.5. The molecule has 5 nitrogen and oxygen atoms in total. The highest BCUT2D eigenvalue weighted by Gasteiger charge is 2.29. The highest BCUT2D eigenvalue weighted by atomic mass is 16.5. The molecule has 2 rings (SSSR count). The predicted octanol–water partition coefficient (Wildman–Crippen LogP) is 2.75. The zero-order valence-electron chi connectivity index (χ0n) is 12.6. The van der Waals surface area contributed by atoms with Gasteiger partial charge < -0.3 is 14.6 Å². The van der Waals surface area contributed by atoms with Crippen LogP contribution in [0.25, 0.3) is 0 Å². The Morgan fingerprint density at radius 1 is 1.33 bits per heavy atom. The lowest BCUT2D eigenvalue weighted by Gasteiger charge is -2.17. The summed E-state index contributed by atoms with van der Waals surface area (Å²) in [5.41, 5.74) is 0.696. The minimum Gasteiger partial charge on any atom is -0.490 e. The molecule has 1 fully saturated rings. The largest absolute Gasteiger partial charge is 0.490 e. The number of carboxylic acid groups (broad SMARTS) is 1. The number of ether oxygens (including phenoxy) is 2. The first-order chi connectivity index (χ1) is 10.2. The lowest BCUT2D eigenvalue weighted by molar-refractivity contribution is -0.139. The van der Waals surface area contributed by atoms with Crippen LogP contribution in [0.1, 0.15) is 44.7 Å². The number of hydrogen-bond donors (Lipinski definition) is 2. The molecule has 1 saturated carbocycles. The molecule has 0 saturated heterocycles. The van der Waals surface area contributed by atoms with Crippen molar-refractivity contribution < 1.29 is 19.4 Å². The Morgan fingerprint density at radius 3 is 2.67 bits per heavy atom. The van der Waals surface area contributed by atoms with Gasteiger partial charge in [0, 0.05) is 6.04 Å². The van der Waals surface area contributed by atoms with Crippen LogP contribution in [-0.2, 0) is 4.79 Å². The Labute approximate surface area is 125 Å². The molecule has 1 aromatic carbocycles. The maximum Gasteiger partial charge on any atom is 0.325 e. The lowest BCUT2D eigenvalue weighted by Crippen LogP contribution is -2.30. The first-order valence-corrected chi connectivity index (χ1v) is 7.54.